The first-order chi connectivity index (χ1) is 11.0. The fraction of sp³-hybridized carbons (Fsp3) is 0.357. The van der Waals surface area contributed by atoms with Crippen LogP contribution in [0.2, 0.25) is 0 Å². The maximum absolute atomic E-state index is 11.6. The molecular formula is C14H15N3O5S. The van der Waals surface area contributed by atoms with E-state index in [2.05, 4.69) is 9.73 Å². The van der Waals surface area contributed by atoms with E-state index in [1.54, 1.807) is 17.6 Å². The van der Waals surface area contributed by atoms with E-state index in [0.29, 0.717) is 15.0 Å². The number of thiazole rings is 1. The summed E-state index contributed by atoms with van der Waals surface area (Å²) in [4.78, 5) is 37.8. The van der Waals surface area contributed by atoms with Crippen LogP contribution < -0.4 is 4.80 Å². The van der Waals surface area contributed by atoms with Gasteiger partial charge in [-0.3, -0.25) is 19.7 Å². The minimum absolute atomic E-state index is 0.0350. The monoisotopic (exact) mass is 337 g/mol. The number of fused-ring (bicyclic) bond motifs is 1. The lowest BCUT2D eigenvalue weighted by Gasteiger charge is -2.04. The predicted octanol–water partition coefficient (Wildman–Crippen LogP) is 2.01. The van der Waals surface area contributed by atoms with Gasteiger partial charge in [0, 0.05) is 25.1 Å². The molecule has 0 N–H and O–H groups in total. The molecule has 0 saturated carbocycles. The van der Waals surface area contributed by atoms with Gasteiger partial charge in [-0.25, -0.2) is 0 Å². The van der Waals surface area contributed by atoms with Crippen molar-refractivity contribution < 1.29 is 19.2 Å². The zero-order valence-corrected chi connectivity index (χ0v) is 13.5. The first-order valence-electron chi connectivity index (χ1n) is 6.88. The van der Waals surface area contributed by atoms with Crippen LogP contribution in [0.1, 0.15) is 19.8 Å². The number of rotatable bonds is 5. The van der Waals surface area contributed by atoms with Crippen molar-refractivity contribution in [3.63, 3.8) is 0 Å². The average molecular weight is 337 g/mol. The molecular weight excluding hydrogens is 322 g/mol. The maximum atomic E-state index is 11.6. The van der Waals surface area contributed by atoms with Gasteiger partial charge in [-0.1, -0.05) is 18.3 Å². The quantitative estimate of drug-likeness (QED) is 0.471. The lowest BCUT2D eigenvalue weighted by molar-refractivity contribution is -0.384. The summed E-state index contributed by atoms with van der Waals surface area (Å²) in [6.45, 7) is 1.98. The summed E-state index contributed by atoms with van der Waals surface area (Å²) in [6, 6.07) is 4.41. The molecule has 1 aromatic carbocycles. The normalized spacial score (nSPS) is 11.7. The molecule has 0 bridgehead atoms. The molecule has 0 unspecified atom stereocenters. The van der Waals surface area contributed by atoms with Gasteiger partial charge in [-0.2, -0.15) is 4.99 Å². The van der Waals surface area contributed by atoms with Gasteiger partial charge in [0.25, 0.3) is 5.69 Å². The molecule has 122 valence electrons. The molecule has 0 fully saturated rings. The second kappa shape index (κ2) is 7.14. The number of hydrogen-bond acceptors (Lipinski definition) is 6. The summed E-state index contributed by atoms with van der Waals surface area (Å²) < 4.78 is 6.95. The van der Waals surface area contributed by atoms with Crippen LogP contribution in [0.5, 0.6) is 0 Å². The number of nitro groups is 1. The highest BCUT2D eigenvalue weighted by molar-refractivity contribution is 7.16. The van der Waals surface area contributed by atoms with Crippen LogP contribution in [0, 0.1) is 10.1 Å². The van der Waals surface area contributed by atoms with Crippen molar-refractivity contribution in [2.75, 3.05) is 7.11 Å². The van der Waals surface area contributed by atoms with Crippen molar-refractivity contribution in [1.29, 1.82) is 0 Å². The summed E-state index contributed by atoms with van der Waals surface area (Å²) in [6.07, 6.45) is 0.373. The van der Waals surface area contributed by atoms with Crippen molar-refractivity contribution in [1.82, 2.24) is 4.57 Å². The largest absolute Gasteiger partial charge is 0.469 e. The third-order valence-electron chi connectivity index (χ3n) is 3.17. The second-order valence-electron chi connectivity index (χ2n) is 4.63. The minimum Gasteiger partial charge on any atom is -0.469 e. The van der Waals surface area contributed by atoms with Gasteiger partial charge in [0.05, 0.1) is 28.7 Å². The highest BCUT2D eigenvalue weighted by Gasteiger charge is 2.13. The molecule has 9 heteroatoms. The van der Waals surface area contributed by atoms with Gasteiger partial charge in [0.2, 0.25) is 5.91 Å². The van der Waals surface area contributed by atoms with E-state index in [4.69, 9.17) is 0 Å². The van der Waals surface area contributed by atoms with Gasteiger partial charge in [0.15, 0.2) is 4.80 Å². The SMILES string of the molecule is CCC(=O)N=c1sc2cc([N+](=O)[O-])ccc2n1CCC(=O)OC. The molecule has 0 radical (unpaired) electrons. The van der Waals surface area contributed by atoms with Crippen molar-refractivity contribution >= 4 is 39.1 Å². The van der Waals surface area contributed by atoms with Gasteiger partial charge in [-0.05, 0) is 6.07 Å². The Labute approximate surface area is 135 Å². The fourth-order valence-electron chi connectivity index (χ4n) is 1.97. The van der Waals surface area contributed by atoms with Crippen LogP contribution in [0.25, 0.3) is 10.2 Å². The Bertz CT molecular complexity index is 837. The number of ether oxygens (including phenoxy) is 1. The summed E-state index contributed by atoms with van der Waals surface area (Å²) in [5.41, 5.74) is 0.652. The minimum atomic E-state index is -0.480. The molecule has 1 amide bonds. The van der Waals surface area contributed by atoms with E-state index >= 15 is 0 Å². The van der Waals surface area contributed by atoms with E-state index in [-0.39, 0.29) is 37.0 Å². The van der Waals surface area contributed by atoms with E-state index < -0.39 is 4.92 Å². The number of carbonyl (C=O) groups is 2. The number of non-ortho nitro benzene ring substituents is 1. The number of aryl methyl sites for hydroxylation is 1. The Morgan fingerprint density at radius 1 is 1.43 bits per heavy atom. The highest BCUT2D eigenvalue weighted by Crippen LogP contribution is 2.23. The van der Waals surface area contributed by atoms with Gasteiger partial charge < -0.3 is 9.30 Å². The van der Waals surface area contributed by atoms with Crippen LogP contribution in [-0.2, 0) is 20.9 Å². The maximum Gasteiger partial charge on any atom is 0.307 e. The molecule has 0 spiro atoms. The van der Waals surface area contributed by atoms with E-state index in [9.17, 15) is 19.7 Å². The molecule has 23 heavy (non-hydrogen) atoms. The van der Waals surface area contributed by atoms with E-state index in [0.717, 1.165) is 0 Å². The van der Waals surface area contributed by atoms with Crippen LogP contribution in [-0.4, -0.2) is 28.5 Å². The third kappa shape index (κ3) is 3.81. The lowest BCUT2D eigenvalue weighted by atomic mass is 10.3. The topological polar surface area (TPSA) is 104 Å². The molecule has 2 aromatic rings. The van der Waals surface area contributed by atoms with Crippen molar-refractivity contribution in [3.05, 3.63) is 33.1 Å². The van der Waals surface area contributed by atoms with Gasteiger partial charge in [0.1, 0.15) is 0 Å². The lowest BCUT2D eigenvalue weighted by Crippen LogP contribution is -2.19. The molecule has 1 aromatic heterocycles. The number of nitro benzene ring substituents is 1. The Balaban J connectivity index is 2.56. The molecule has 8 nitrogen and oxygen atoms in total. The van der Waals surface area contributed by atoms with E-state index in [1.807, 2.05) is 0 Å². The summed E-state index contributed by atoms with van der Waals surface area (Å²) in [5.74, 6) is -0.676. The highest BCUT2D eigenvalue weighted by atomic mass is 32.1. The molecule has 0 saturated heterocycles. The van der Waals surface area contributed by atoms with Crippen LogP contribution in [0.15, 0.2) is 23.2 Å². The summed E-state index contributed by atoms with van der Waals surface area (Å²) in [7, 11) is 1.30. The number of methoxy groups -OCH3 is 1. The number of hydrogen-bond donors (Lipinski definition) is 0. The zero-order chi connectivity index (χ0) is 17.0. The standard InChI is InChI=1S/C14H15N3O5S/c1-3-12(18)15-14-16(7-6-13(19)22-2)10-5-4-9(17(20)21)8-11(10)23-14/h4-5,8H,3,6-7H2,1-2H3. The Hall–Kier alpha value is -2.55. The van der Waals surface area contributed by atoms with Gasteiger partial charge in [-0.15, -0.1) is 0 Å². The molecule has 0 aliphatic rings. The van der Waals surface area contributed by atoms with Crippen molar-refractivity contribution in [2.24, 2.45) is 4.99 Å². The molecule has 2 rings (SSSR count). The molecule has 0 aliphatic carbocycles. The number of aromatic nitrogens is 1. The van der Waals surface area contributed by atoms with Crippen LogP contribution in [0.4, 0.5) is 5.69 Å². The van der Waals surface area contributed by atoms with Crippen molar-refractivity contribution in [3.8, 4) is 0 Å². The number of esters is 1. The first-order valence-corrected chi connectivity index (χ1v) is 7.70. The smallest absolute Gasteiger partial charge is 0.307 e. The molecule has 0 aliphatic heterocycles. The number of amides is 1. The number of carbonyl (C=O) groups excluding carboxylic acids is 2. The summed E-state index contributed by atoms with van der Waals surface area (Å²) >= 11 is 1.18. The van der Waals surface area contributed by atoms with Crippen molar-refractivity contribution in [2.45, 2.75) is 26.3 Å². The molecule has 1 heterocycles. The molecule has 0 atom stereocenters. The Kier molecular flexibility index (Phi) is 5.22. The van der Waals surface area contributed by atoms with Crippen LogP contribution >= 0.6 is 11.3 Å². The predicted molar refractivity (Wildman–Crippen MR) is 84.0 cm³/mol. The van der Waals surface area contributed by atoms with Crippen LogP contribution in [0.3, 0.4) is 0 Å². The number of benzene rings is 1. The first kappa shape index (κ1) is 16.8. The fourth-order valence-corrected chi connectivity index (χ4v) is 3.07. The third-order valence-corrected chi connectivity index (χ3v) is 4.21. The van der Waals surface area contributed by atoms with Gasteiger partial charge >= 0.3 is 5.97 Å². The average Bonchev–Trinajstić information content (AvgIpc) is 2.88. The Morgan fingerprint density at radius 3 is 2.78 bits per heavy atom. The zero-order valence-electron chi connectivity index (χ0n) is 12.6. The summed E-state index contributed by atoms with van der Waals surface area (Å²) in [5, 5.41) is 10.9. The second-order valence-corrected chi connectivity index (χ2v) is 5.64. The van der Waals surface area contributed by atoms with E-state index in [1.165, 1.54) is 30.6 Å². The number of nitrogens with zero attached hydrogens (tertiary/aromatic N) is 3. The Morgan fingerprint density at radius 2 is 2.17 bits per heavy atom.